The van der Waals surface area contributed by atoms with Crippen LogP contribution in [0.15, 0.2) is 42.5 Å². The molecule has 1 aromatic carbocycles. The smallest absolute Gasteiger partial charge is 0.336 e. The fourth-order valence-corrected chi connectivity index (χ4v) is 10.6. The summed E-state index contributed by atoms with van der Waals surface area (Å²) in [4.78, 5) is 23.2. The molecule has 0 bridgehead atoms. The van der Waals surface area contributed by atoms with Crippen LogP contribution < -0.4 is 4.74 Å². The van der Waals surface area contributed by atoms with E-state index in [1.54, 1.807) is 24.3 Å². The van der Waals surface area contributed by atoms with Gasteiger partial charge in [0.1, 0.15) is 12.4 Å². The first-order chi connectivity index (χ1) is 13.1. The van der Waals surface area contributed by atoms with Crippen molar-refractivity contribution in [2.45, 2.75) is 45.2 Å². The van der Waals surface area contributed by atoms with Crippen LogP contribution in [-0.2, 0) is 23.2 Å². The summed E-state index contributed by atoms with van der Waals surface area (Å²) >= 11 is 0. The number of hydrogen-bond donors (Lipinski definition) is 0. The minimum atomic E-state index is -1.63. The predicted octanol–water partition coefficient (Wildman–Crippen LogP) is 4.15. The fraction of sp³-hybridized carbons (Fsp3) is 0.500. The number of rotatable bonds is 12. The lowest BCUT2D eigenvalue weighted by atomic mass is 10.3. The zero-order valence-electron chi connectivity index (χ0n) is 17.5. The molecule has 0 aromatic heterocycles. The second kappa shape index (κ2) is 12.0. The predicted molar refractivity (Wildman–Crippen MR) is 114 cm³/mol. The Bertz CT molecular complexity index is 638. The molecule has 1 rings (SSSR count). The molecule has 0 N–H and O–H groups in total. The van der Waals surface area contributed by atoms with Crippen molar-refractivity contribution >= 4 is 28.6 Å². The van der Waals surface area contributed by atoms with Gasteiger partial charge in [0.05, 0.1) is 6.61 Å². The molecule has 0 heterocycles. The SMILES string of the molecule is C[Si](C)(C)O[Si](C)(C)CCCOCCOC(=O)/C=C/C(=O)Oc1ccccc1. The van der Waals surface area contributed by atoms with Crippen LogP contribution in [0.1, 0.15) is 6.42 Å². The van der Waals surface area contributed by atoms with Crippen LogP contribution in [0, 0.1) is 0 Å². The van der Waals surface area contributed by atoms with Crippen LogP contribution in [-0.4, -0.2) is 48.4 Å². The molecule has 0 unspecified atom stereocenters. The minimum Gasteiger partial charge on any atom is -0.460 e. The zero-order valence-corrected chi connectivity index (χ0v) is 19.5. The van der Waals surface area contributed by atoms with Gasteiger partial charge in [-0.2, -0.15) is 0 Å². The van der Waals surface area contributed by atoms with Gasteiger partial charge in [-0.05, 0) is 57.3 Å². The van der Waals surface area contributed by atoms with Gasteiger partial charge in [0.25, 0.3) is 0 Å². The minimum absolute atomic E-state index is 0.142. The largest absolute Gasteiger partial charge is 0.460 e. The molecule has 0 aliphatic heterocycles. The molecular weight excluding hydrogens is 392 g/mol. The number of para-hydroxylation sites is 1. The Kier molecular flexibility index (Phi) is 10.4. The first-order valence-electron chi connectivity index (χ1n) is 9.47. The van der Waals surface area contributed by atoms with Gasteiger partial charge in [-0.1, -0.05) is 18.2 Å². The topological polar surface area (TPSA) is 71.1 Å². The summed E-state index contributed by atoms with van der Waals surface area (Å²) in [6, 6.07) is 9.68. The van der Waals surface area contributed by atoms with Gasteiger partial charge in [0.15, 0.2) is 16.6 Å². The van der Waals surface area contributed by atoms with E-state index in [-0.39, 0.29) is 6.61 Å². The van der Waals surface area contributed by atoms with Gasteiger partial charge in [0, 0.05) is 18.8 Å². The first kappa shape index (κ1) is 24.3. The molecule has 0 atom stereocenters. The molecule has 0 aliphatic rings. The molecule has 6 nitrogen and oxygen atoms in total. The van der Waals surface area contributed by atoms with Crippen molar-refractivity contribution in [1.29, 1.82) is 0 Å². The molecule has 0 saturated heterocycles. The standard InChI is InChI=1S/C20H32O6Si2/c1-27(2,3)26-28(4,5)17-9-14-23-15-16-24-19(21)12-13-20(22)25-18-10-7-6-8-11-18/h6-8,10-13H,9,14-17H2,1-5H3/b13-12+. The summed E-state index contributed by atoms with van der Waals surface area (Å²) in [6.45, 7) is 12.2. The summed E-state index contributed by atoms with van der Waals surface area (Å²) in [5, 5.41) is 0. The van der Waals surface area contributed by atoms with Crippen molar-refractivity contribution in [3.05, 3.63) is 42.5 Å². The number of ether oxygens (including phenoxy) is 3. The third kappa shape index (κ3) is 12.6. The molecule has 0 radical (unpaired) electrons. The van der Waals surface area contributed by atoms with Crippen molar-refractivity contribution in [3.8, 4) is 5.75 Å². The molecule has 28 heavy (non-hydrogen) atoms. The van der Waals surface area contributed by atoms with Crippen LogP contribution in [0.4, 0.5) is 0 Å². The van der Waals surface area contributed by atoms with E-state index in [2.05, 4.69) is 32.7 Å². The molecule has 0 fully saturated rings. The first-order valence-corrected chi connectivity index (χ1v) is 16.0. The third-order valence-corrected chi connectivity index (χ3v) is 9.66. The molecule has 0 saturated carbocycles. The summed E-state index contributed by atoms with van der Waals surface area (Å²) < 4.78 is 21.8. The molecule has 156 valence electrons. The lowest BCUT2D eigenvalue weighted by Crippen LogP contribution is -2.42. The second-order valence-corrected chi connectivity index (χ2v) is 17.0. The highest BCUT2D eigenvalue weighted by molar-refractivity contribution is 6.84. The molecule has 1 aromatic rings. The molecule has 0 aliphatic carbocycles. The molecular formula is C20H32O6Si2. The Morgan fingerprint density at radius 3 is 2.18 bits per heavy atom. The van der Waals surface area contributed by atoms with Crippen LogP contribution in [0.3, 0.4) is 0 Å². The van der Waals surface area contributed by atoms with E-state index in [0.29, 0.717) is 19.0 Å². The number of carbonyl (C=O) groups is 2. The van der Waals surface area contributed by atoms with E-state index in [1.807, 2.05) is 6.07 Å². The summed E-state index contributed by atoms with van der Waals surface area (Å²) in [5.74, 6) is -0.821. The van der Waals surface area contributed by atoms with Crippen molar-refractivity contribution in [1.82, 2.24) is 0 Å². The van der Waals surface area contributed by atoms with Gasteiger partial charge < -0.3 is 18.3 Å². The van der Waals surface area contributed by atoms with Crippen LogP contribution in [0.2, 0.25) is 38.8 Å². The highest BCUT2D eigenvalue weighted by Crippen LogP contribution is 2.19. The number of esters is 2. The van der Waals surface area contributed by atoms with Crippen molar-refractivity contribution in [2.75, 3.05) is 19.8 Å². The highest BCUT2D eigenvalue weighted by Gasteiger charge is 2.28. The maximum Gasteiger partial charge on any atom is 0.336 e. The van der Waals surface area contributed by atoms with Gasteiger partial charge in [0.2, 0.25) is 0 Å². The van der Waals surface area contributed by atoms with Gasteiger partial charge in [-0.25, -0.2) is 9.59 Å². The fourth-order valence-electron chi connectivity index (χ4n) is 2.61. The van der Waals surface area contributed by atoms with Crippen molar-refractivity contribution in [2.24, 2.45) is 0 Å². The highest BCUT2D eigenvalue weighted by atomic mass is 28.4. The van der Waals surface area contributed by atoms with E-state index in [9.17, 15) is 9.59 Å². The Balaban J connectivity index is 2.11. The normalized spacial score (nSPS) is 12.2. The monoisotopic (exact) mass is 424 g/mol. The van der Waals surface area contributed by atoms with E-state index >= 15 is 0 Å². The third-order valence-electron chi connectivity index (χ3n) is 3.44. The van der Waals surface area contributed by atoms with Gasteiger partial charge in [-0.3, -0.25) is 0 Å². The molecule has 0 amide bonds. The Hall–Kier alpha value is -1.75. The van der Waals surface area contributed by atoms with Crippen molar-refractivity contribution < 1.29 is 27.9 Å². The van der Waals surface area contributed by atoms with Gasteiger partial charge >= 0.3 is 11.9 Å². The number of benzene rings is 1. The van der Waals surface area contributed by atoms with Crippen molar-refractivity contribution in [3.63, 3.8) is 0 Å². The summed E-state index contributed by atoms with van der Waals surface area (Å²) in [7, 11) is -3.13. The van der Waals surface area contributed by atoms with E-state index in [4.69, 9.17) is 18.3 Å². The maximum absolute atomic E-state index is 11.6. The van der Waals surface area contributed by atoms with Gasteiger partial charge in [-0.15, -0.1) is 0 Å². The lowest BCUT2D eigenvalue weighted by Gasteiger charge is -2.31. The maximum atomic E-state index is 11.6. The van der Waals surface area contributed by atoms with E-state index in [0.717, 1.165) is 24.6 Å². The number of hydrogen-bond acceptors (Lipinski definition) is 6. The van der Waals surface area contributed by atoms with Crippen LogP contribution in [0.25, 0.3) is 0 Å². The summed E-state index contributed by atoms with van der Waals surface area (Å²) in [5.41, 5.74) is 0. The average molecular weight is 425 g/mol. The quantitative estimate of drug-likeness (QED) is 0.165. The summed E-state index contributed by atoms with van der Waals surface area (Å²) in [6.07, 6.45) is 3.03. The zero-order chi connectivity index (χ0) is 21.0. The Morgan fingerprint density at radius 1 is 0.893 bits per heavy atom. The van der Waals surface area contributed by atoms with Crippen LogP contribution >= 0.6 is 0 Å². The Morgan fingerprint density at radius 2 is 1.54 bits per heavy atom. The molecule has 8 heteroatoms. The lowest BCUT2D eigenvalue weighted by molar-refractivity contribution is -0.139. The Labute approximate surface area is 170 Å². The van der Waals surface area contributed by atoms with Crippen LogP contribution in [0.5, 0.6) is 5.75 Å². The second-order valence-electron chi connectivity index (χ2n) is 7.93. The number of carbonyl (C=O) groups excluding carboxylic acids is 2. The molecule has 0 spiro atoms. The van der Waals surface area contributed by atoms with E-state index < -0.39 is 28.6 Å². The van der Waals surface area contributed by atoms with E-state index in [1.165, 1.54) is 0 Å². The average Bonchev–Trinajstić information content (AvgIpc) is 2.58.